The van der Waals surface area contributed by atoms with Crippen molar-refractivity contribution in [3.8, 4) is 61.3 Å². The van der Waals surface area contributed by atoms with Gasteiger partial charge in [0.25, 0.3) is 0 Å². The van der Waals surface area contributed by atoms with Gasteiger partial charge in [-0.1, -0.05) is 200 Å². The number of hydrogen-bond acceptors (Lipinski definition) is 1. The van der Waals surface area contributed by atoms with Crippen LogP contribution in [0, 0.1) is 0 Å². The van der Waals surface area contributed by atoms with Crippen LogP contribution in [-0.4, -0.2) is 4.57 Å². The van der Waals surface area contributed by atoms with Gasteiger partial charge < -0.3 is 9.47 Å². The highest BCUT2D eigenvalue weighted by Crippen LogP contribution is 2.43. The standard InChI is InChI=1S/C64H44N2/c1-3-18-47(19-4-1)55-23-9-11-25-57(55)59-27-13-14-28-60(59)58-26-12-10-24-56(58)48-34-39-53(40-35-48)65(54-41-33-45-17-7-8-20-49(45)43-54)52-37-31-46(32-38-52)50-36-42-64-62(44-50)61-29-15-16-30-63(61)66(64)51-21-5-2-6-22-51/h1-44H. The van der Waals surface area contributed by atoms with E-state index in [2.05, 4.69) is 276 Å². The van der Waals surface area contributed by atoms with Gasteiger partial charge in [-0.3, -0.25) is 0 Å². The van der Waals surface area contributed by atoms with Gasteiger partial charge in [0.2, 0.25) is 0 Å². The lowest BCUT2D eigenvalue weighted by molar-refractivity contribution is 1.18. The van der Waals surface area contributed by atoms with Crippen molar-refractivity contribution in [2.24, 2.45) is 0 Å². The van der Waals surface area contributed by atoms with Gasteiger partial charge in [-0.15, -0.1) is 0 Å². The molecule has 0 aliphatic rings. The van der Waals surface area contributed by atoms with E-state index in [0.29, 0.717) is 0 Å². The molecule has 0 saturated carbocycles. The smallest absolute Gasteiger partial charge is 0.0541 e. The van der Waals surface area contributed by atoms with E-state index in [1.807, 2.05) is 0 Å². The molecule has 0 radical (unpaired) electrons. The molecule has 0 amide bonds. The lowest BCUT2D eigenvalue weighted by atomic mass is 9.87. The van der Waals surface area contributed by atoms with E-state index in [1.54, 1.807) is 0 Å². The molecule has 2 heteroatoms. The molecule has 1 heterocycles. The number of anilines is 3. The highest BCUT2D eigenvalue weighted by atomic mass is 15.1. The predicted octanol–water partition coefficient (Wildman–Crippen LogP) is 17.7. The molecule has 2 nitrogen and oxygen atoms in total. The summed E-state index contributed by atoms with van der Waals surface area (Å²) < 4.78 is 2.37. The van der Waals surface area contributed by atoms with E-state index >= 15 is 0 Å². The zero-order chi connectivity index (χ0) is 43.8. The van der Waals surface area contributed by atoms with Crippen molar-refractivity contribution in [3.63, 3.8) is 0 Å². The summed E-state index contributed by atoms with van der Waals surface area (Å²) in [6.45, 7) is 0. The van der Waals surface area contributed by atoms with Crippen LogP contribution in [0.1, 0.15) is 0 Å². The van der Waals surface area contributed by atoms with Crippen molar-refractivity contribution < 1.29 is 0 Å². The highest BCUT2D eigenvalue weighted by molar-refractivity contribution is 6.10. The lowest BCUT2D eigenvalue weighted by Gasteiger charge is -2.26. The van der Waals surface area contributed by atoms with E-state index in [9.17, 15) is 0 Å². The van der Waals surface area contributed by atoms with Gasteiger partial charge in [-0.2, -0.15) is 0 Å². The van der Waals surface area contributed by atoms with Gasteiger partial charge in [0, 0.05) is 33.5 Å². The average molecular weight is 841 g/mol. The van der Waals surface area contributed by atoms with Crippen LogP contribution in [0.2, 0.25) is 0 Å². The minimum Gasteiger partial charge on any atom is -0.310 e. The number of para-hydroxylation sites is 2. The van der Waals surface area contributed by atoms with Crippen LogP contribution in [0.15, 0.2) is 267 Å². The Labute approximate surface area is 385 Å². The third kappa shape index (κ3) is 7.02. The number of aromatic nitrogens is 1. The fourth-order valence-corrected chi connectivity index (χ4v) is 9.87. The quantitative estimate of drug-likeness (QED) is 0.141. The van der Waals surface area contributed by atoms with Gasteiger partial charge in [0.15, 0.2) is 0 Å². The second kappa shape index (κ2) is 16.8. The first-order chi connectivity index (χ1) is 32.7. The highest BCUT2D eigenvalue weighted by Gasteiger charge is 2.18. The Kier molecular flexibility index (Phi) is 9.89. The Morgan fingerprint density at radius 3 is 1.32 bits per heavy atom. The topological polar surface area (TPSA) is 8.17 Å². The monoisotopic (exact) mass is 840 g/mol. The molecule has 0 N–H and O–H groups in total. The van der Waals surface area contributed by atoms with Crippen LogP contribution in [0.25, 0.3) is 93.9 Å². The number of nitrogens with zero attached hydrogens (tertiary/aromatic N) is 2. The van der Waals surface area contributed by atoms with Crippen LogP contribution >= 0.6 is 0 Å². The first kappa shape index (κ1) is 38.9. The molecule has 12 aromatic rings. The predicted molar refractivity (Wildman–Crippen MR) is 280 cm³/mol. The molecule has 0 aliphatic carbocycles. The summed E-state index contributed by atoms with van der Waals surface area (Å²) in [6, 6.07) is 96.8. The number of benzene rings is 11. The van der Waals surface area contributed by atoms with Gasteiger partial charge in [-0.25, -0.2) is 0 Å². The van der Waals surface area contributed by atoms with Crippen LogP contribution in [0.5, 0.6) is 0 Å². The van der Waals surface area contributed by atoms with Gasteiger partial charge in [-0.05, 0) is 133 Å². The van der Waals surface area contributed by atoms with Crippen molar-refractivity contribution in [3.05, 3.63) is 267 Å². The zero-order valence-corrected chi connectivity index (χ0v) is 36.3. The minimum atomic E-state index is 1.09. The summed E-state index contributed by atoms with van der Waals surface area (Å²) in [6.07, 6.45) is 0. The fourth-order valence-electron chi connectivity index (χ4n) is 9.87. The van der Waals surface area contributed by atoms with Crippen molar-refractivity contribution in [2.45, 2.75) is 0 Å². The summed E-state index contributed by atoms with van der Waals surface area (Å²) in [7, 11) is 0. The molecule has 0 aliphatic heterocycles. The van der Waals surface area contributed by atoms with Crippen molar-refractivity contribution in [1.29, 1.82) is 0 Å². The molecular weight excluding hydrogens is 797 g/mol. The van der Waals surface area contributed by atoms with Crippen molar-refractivity contribution >= 4 is 49.6 Å². The normalized spacial score (nSPS) is 11.3. The van der Waals surface area contributed by atoms with E-state index in [4.69, 9.17) is 0 Å². The number of fused-ring (bicyclic) bond motifs is 4. The van der Waals surface area contributed by atoms with Gasteiger partial charge >= 0.3 is 0 Å². The van der Waals surface area contributed by atoms with Crippen LogP contribution in [0.3, 0.4) is 0 Å². The maximum absolute atomic E-state index is 2.37. The Hall–Kier alpha value is -8.72. The maximum Gasteiger partial charge on any atom is 0.0541 e. The van der Waals surface area contributed by atoms with Crippen molar-refractivity contribution in [1.82, 2.24) is 4.57 Å². The molecule has 0 atom stereocenters. The molecule has 12 rings (SSSR count). The number of hydrogen-bond donors (Lipinski definition) is 0. The third-order valence-corrected chi connectivity index (χ3v) is 13.0. The molecule has 0 saturated heterocycles. The van der Waals surface area contributed by atoms with E-state index in [1.165, 1.54) is 88.2 Å². The molecule has 0 fully saturated rings. The van der Waals surface area contributed by atoms with E-state index in [0.717, 1.165) is 22.7 Å². The second-order valence-corrected chi connectivity index (χ2v) is 16.9. The summed E-state index contributed by atoms with van der Waals surface area (Å²) >= 11 is 0. The molecular formula is C64H44N2. The lowest BCUT2D eigenvalue weighted by Crippen LogP contribution is -2.09. The molecule has 0 unspecified atom stereocenters. The summed E-state index contributed by atoms with van der Waals surface area (Å²) in [5.74, 6) is 0. The van der Waals surface area contributed by atoms with Crippen LogP contribution < -0.4 is 4.90 Å². The summed E-state index contributed by atoms with van der Waals surface area (Å²) in [4.78, 5) is 2.37. The Balaban J connectivity index is 0.922. The van der Waals surface area contributed by atoms with Gasteiger partial charge in [0.1, 0.15) is 0 Å². The van der Waals surface area contributed by atoms with Gasteiger partial charge in [0.05, 0.1) is 11.0 Å². The SMILES string of the molecule is c1ccc(-c2ccccc2-c2ccccc2-c2ccccc2-c2ccc(N(c3ccc(-c4ccc5c(c4)c4ccccc4n5-c4ccccc4)cc3)c3ccc4ccccc4c3)cc2)cc1. The second-order valence-electron chi connectivity index (χ2n) is 16.9. The molecule has 0 spiro atoms. The number of rotatable bonds is 9. The van der Waals surface area contributed by atoms with Crippen LogP contribution in [-0.2, 0) is 0 Å². The van der Waals surface area contributed by atoms with Crippen LogP contribution in [0.4, 0.5) is 17.1 Å². The molecule has 11 aromatic carbocycles. The average Bonchev–Trinajstić information content (AvgIpc) is 3.73. The molecule has 1 aromatic heterocycles. The Morgan fingerprint density at radius 1 is 0.242 bits per heavy atom. The summed E-state index contributed by atoms with van der Waals surface area (Å²) in [5, 5.41) is 4.92. The molecule has 66 heavy (non-hydrogen) atoms. The Morgan fingerprint density at radius 2 is 0.682 bits per heavy atom. The van der Waals surface area contributed by atoms with E-state index < -0.39 is 0 Å². The fraction of sp³-hybridized carbons (Fsp3) is 0. The summed E-state index contributed by atoms with van der Waals surface area (Å²) in [5.41, 5.74) is 18.9. The molecule has 0 bridgehead atoms. The maximum atomic E-state index is 2.37. The largest absolute Gasteiger partial charge is 0.310 e. The van der Waals surface area contributed by atoms with E-state index in [-0.39, 0.29) is 0 Å². The minimum absolute atomic E-state index is 1.09. The first-order valence-electron chi connectivity index (χ1n) is 22.7. The molecule has 310 valence electrons. The first-order valence-corrected chi connectivity index (χ1v) is 22.7. The third-order valence-electron chi connectivity index (χ3n) is 13.0. The van der Waals surface area contributed by atoms with Crippen molar-refractivity contribution in [2.75, 3.05) is 4.90 Å². The zero-order valence-electron chi connectivity index (χ0n) is 36.3. The Bertz CT molecular complexity index is 3680.